The average Bonchev–Trinajstić information content (AvgIpc) is 3.44. The van der Waals surface area contributed by atoms with Crippen molar-refractivity contribution in [1.82, 2.24) is 15.1 Å². The molecule has 13 nitrogen and oxygen atoms in total. The number of nitrogens with one attached hydrogen (secondary N) is 2. The molecule has 13 heteroatoms. The van der Waals surface area contributed by atoms with Crippen LogP contribution in [0.4, 0.5) is 0 Å². The van der Waals surface area contributed by atoms with Gasteiger partial charge in [-0.2, -0.15) is 0 Å². The van der Waals surface area contributed by atoms with Crippen LogP contribution in [0.3, 0.4) is 0 Å². The van der Waals surface area contributed by atoms with Gasteiger partial charge in [-0.25, -0.2) is 15.1 Å². The zero-order valence-corrected chi connectivity index (χ0v) is 19.4. The van der Waals surface area contributed by atoms with E-state index in [-0.39, 0.29) is 41.7 Å². The molecule has 1 fully saturated rings. The van der Waals surface area contributed by atoms with Crippen LogP contribution in [0, 0.1) is 0 Å². The number of aliphatic imine (C=N–C) groups is 1. The lowest BCUT2D eigenvalue weighted by Crippen LogP contribution is -2.90. The van der Waals surface area contributed by atoms with Gasteiger partial charge in [0.2, 0.25) is 0 Å². The first-order valence-electron chi connectivity index (χ1n) is 11.6. The third-order valence-electron chi connectivity index (χ3n) is 7.34. The molecule has 0 saturated carbocycles. The fourth-order valence-electron chi connectivity index (χ4n) is 5.62. The van der Waals surface area contributed by atoms with Crippen molar-refractivity contribution in [3.8, 4) is 0 Å². The molecule has 1 saturated heterocycles. The van der Waals surface area contributed by atoms with E-state index in [2.05, 4.69) is 15.3 Å². The Morgan fingerprint density at radius 3 is 2.35 bits per heavy atom. The second-order valence-electron chi connectivity index (χ2n) is 9.34. The number of nitrogens with two attached hydrogens (primary N) is 2. The standard InChI is InChI=1S/C24H23N7O6/c25-21-28-17-15(10-30-18(32)13-8-4-5-9-14(13)19(30)33)27-22(26)31-11-16(24(35,36)23(17,31)29-21)37-20(34)12-6-2-1-3-7-12/h1-9,15-17,35-36H,10-11H2,(H2,26,27)(H3,25,28,29)/p+1/t15-,16-,17-,23-/m0/s1. The van der Waals surface area contributed by atoms with Crippen molar-refractivity contribution in [1.29, 1.82) is 0 Å². The zero-order chi connectivity index (χ0) is 26.1. The average molecular weight is 506 g/mol. The van der Waals surface area contributed by atoms with E-state index >= 15 is 0 Å². The van der Waals surface area contributed by atoms with Gasteiger partial charge in [0.25, 0.3) is 23.3 Å². The summed E-state index contributed by atoms with van der Waals surface area (Å²) in [6.45, 7) is -0.418. The molecule has 4 atom stereocenters. The summed E-state index contributed by atoms with van der Waals surface area (Å²) in [4.78, 5) is 48.5. The van der Waals surface area contributed by atoms with Crippen molar-refractivity contribution in [2.75, 3.05) is 13.1 Å². The largest absolute Gasteiger partial charge is 0.451 e. The summed E-state index contributed by atoms with van der Waals surface area (Å²) in [6, 6.07) is 12.7. The molecule has 190 valence electrons. The van der Waals surface area contributed by atoms with Crippen LogP contribution >= 0.6 is 0 Å². The van der Waals surface area contributed by atoms with Crippen LogP contribution in [0.5, 0.6) is 0 Å². The van der Waals surface area contributed by atoms with Crippen molar-refractivity contribution >= 4 is 29.7 Å². The minimum atomic E-state index is -2.71. The summed E-state index contributed by atoms with van der Waals surface area (Å²) in [5, 5.41) is 25.8. The number of carbonyl (C=O) groups excluding carboxylic acids is 3. The van der Waals surface area contributed by atoms with Gasteiger partial charge in [-0.3, -0.25) is 30.1 Å². The molecule has 0 aromatic heterocycles. The lowest BCUT2D eigenvalue weighted by molar-refractivity contribution is -0.522. The van der Waals surface area contributed by atoms with Gasteiger partial charge in [-0.05, 0) is 24.3 Å². The number of guanidine groups is 2. The van der Waals surface area contributed by atoms with Gasteiger partial charge in [0.1, 0.15) is 6.04 Å². The number of rotatable bonds is 4. The van der Waals surface area contributed by atoms with E-state index in [0.717, 1.165) is 4.90 Å². The fraction of sp³-hybridized carbons (Fsp3) is 0.292. The summed E-state index contributed by atoms with van der Waals surface area (Å²) in [5.41, 5.74) is 11.3. The highest BCUT2D eigenvalue weighted by molar-refractivity contribution is 6.21. The second-order valence-corrected chi connectivity index (χ2v) is 9.34. The first kappa shape index (κ1) is 22.9. The second kappa shape index (κ2) is 7.75. The van der Waals surface area contributed by atoms with Crippen molar-refractivity contribution < 1.29 is 34.3 Å². The Morgan fingerprint density at radius 2 is 1.70 bits per heavy atom. The molecule has 2 aromatic carbocycles. The number of carbonyl (C=O) groups is 3. The van der Waals surface area contributed by atoms with E-state index in [9.17, 15) is 24.6 Å². The highest BCUT2D eigenvalue weighted by Gasteiger charge is 2.77. The number of ether oxygens (including phenoxy) is 1. The number of hydrogen-bond acceptors (Lipinski definition) is 11. The smallest absolute Gasteiger partial charge is 0.343 e. The summed E-state index contributed by atoms with van der Waals surface area (Å²) in [6.07, 6.45) is -1.45. The van der Waals surface area contributed by atoms with Gasteiger partial charge in [-0.15, -0.1) is 0 Å². The number of hydrogen-bond donors (Lipinski definition) is 6. The van der Waals surface area contributed by atoms with Crippen molar-refractivity contribution in [2.24, 2.45) is 16.5 Å². The molecule has 6 rings (SSSR count). The Hall–Kier alpha value is -4.49. The topological polar surface area (TPSA) is 198 Å². The van der Waals surface area contributed by atoms with Crippen LogP contribution in [0.15, 0.2) is 59.6 Å². The minimum absolute atomic E-state index is 0.00484. The molecule has 0 radical (unpaired) electrons. The van der Waals surface area contributed by atoms with Gasteiger partial charge in [0.15, 0.2) is 18.1 Å². The van der Waals surface area contributed by atoms with E-state index in [4.69, 9.17) is 16.2 Å². The molecule has 4 aliphatic heterocycles. The number of benzene rings is 2. The Bertz CT molecular complexity index is 1360. The highest BCUT2D eigenvalue weighted by Crippen LogP contribution is 2.42. The Labute approximate surface area is 210 Å². The summed E-state index contributed by atoms with van der Waals surface area (Å²) < 4.78 is 5.51. The van der Waals surface area contributed by atoms with Gasteiger partial charge >= 0.3 is 11.9 Å². The third-order valence-corrected chi connectivity index (χ3v) is 7.34. The molecule has 0 bridgehead atoms. The van der Waals surface area contributed by atoms with E-state index in [0.29, 0.717) is 0 Å². The molecule has 4 heterocycles. The van der Waals surface area contributed by atoms with Crippen LogP contribution < -0.4 is 21.8 Å². The van der Waals surface area contributed by atoms with Gasteiger partial charge in [0, 0.05) is 0 Å². The number of fused-ring (bicyclic) bond motifs is 1. The maximum Gasteiger partial charge on any atom is 0.343 e. The minimum Gasteiger partial charge on any atom is -0.451 e. The number of amides is 2. The van der Waals surface area contributed by atoms with Crippen molar-refractivity contribution in [2.45, 2.75) is 29.6 Å². The molecule has 1 spiro atoms. The first-order valence-corrected chi connectivity index (χ1v) is 11.6. The van der Waals surface area contributed by atoms with Gasteiger partial charge in [-0.1, -0.05) is 30.3 Å². The van der Waals surface area contributed by atoms with Crippen LogP contribution in [-0.4, -0.2) is 92.4 Å². The number of nitrogens with zero attached hydrogens (tertiary/aromatic N) is 3. The molecule has 8 N–H and O–H groups in total. The molecule has 2 aromatic rings. The van der Waals surface area contributed by atoms with Crippen LogP contribution in [0.2, 0.25) is 0 Å². The van der Waals surface area contributed by atoms with Crippen LogP contribution in [0.25, 0.3) is 0 Å². The van der Waals surface area contributed by atoms with Crippen LogP contribution in [-0.2, 0) is 4.74 Å². The maximum absolute atomic E-state index is 13.0. The normalized spacial score (nSPS) is 29.2. The SMILES string of the molecule is NC1=N[C@@H](CN2C(=O)c3ccccc3C2=O)[C@@H]2[NH+]=C(N)N[C@]23N1C[C@H](OC(=O)c1ccccc1)C3(O)O. The molecule has 4 aliphatic rings. The van der Waals surface area contributed by atoms with Crippen LogP contribution in [0.1, 0.15) is 31.1 Å². The lowest BCUT2D eigenvalue weighted by Gasteiger charge is -2.46. The van der Waals surface area contributed by atoms with Crippen molar-refractivity contribution in [3.05, 3.63) is 71.3 Å². The first-order chi connectivity index (χ1) is 17.6. The number of aliphatic hydroxyl groups is 2. The molecule has 37 heavy (non-hydrogen) atoms. The van der Waals surface area contributed by atoms with Gasteiger partial charge in [0.05, 0.1) is 29.8 Å². The predicted molar refractivity (Wildman–Crippen MR) is 127 cm³/mol. The monoisotopic (exact) mass is 506 g/mol. The quantitative estimate of drug-likeness (QED) is 0.136. The molecular weight excluding hydrogens is 482 g/mol. The summed E-state index contributed by atoms with van der Waals surface area (Å²) in [5.74, 6) is -4.56. The molecule has 2 amide bonds. The summed E-state index contributed by atoms with van der Waals surface area (Å²) >= 11 is 0. The molecule has 0 aliphatic carbocycles. The van der Waals surface area contributed by atoms with E-state index in [1.54, 1.807) is 42.5 Å². The van der Waals surface area contributed by atoms with Gasteiger partial charge < -0.3 is 20.7 Å². The molecule has 0 unspecified atom stereocenters. The highest BCUT2D eigenvalue weighted by atomic mass is 16.6. The van der Waals surface area contributed by atoms with E-state index in [1.807, 2.05) is 0 Å². The zero-order valence-electron chi connectivity index (χ0n) is 19.4. The number of imide groups is 1. The molecular formula is C24H24N7O6+. The Balaban J connectivity index is 1.33. The predicted octanol–water partition coefficient (Wildman–Crippen LogP) is -3.73. The number of esters is 1. The Morgan fingerprint density at radius 1 is 1.08 bits per heavy atom. The van der Waals surface area contributed by atoms with E-state index < -0.39 is 47.4 Å². The Kier molecular flexibility index (Phi) is 4.81. The maximum atomic E-state index is 13.0. The summed E-state index contributed by atoms with van der Waals surface area (Å²) in [7, 11) is 0. The lowest BCUT2D eigenvalue weighted by atomic mass is 9.85. The van der Waals surface area contributed by atoms with Crippen molar-refractivity contribution in [3.63, 3.8) is 0 Å². The van der Waals surface area contributed by atoms with E-state index in [1.165, 1.54) is 17.0 Å². The third kappa shape index (κ3) is 3.07. The fourth-order valence-corrected chi connectivity index (χ4v) is 5.62.